The van der Waals surface area contributed by atoms with Gasteiger partial charge in [-0.1, -0.05) is 6.07 Å². The Hall–Kier alpha value is -1.49. The van der Waals surface area contributed by atoms with Gasteiger partial charge in [-0.15, -0.1) is 0 Å². The molecule has 0 aliphatic carbocycles. The van der Waals surface area contributed by atoms with Gasteiger partial charge < -0.3 is 10.4 Å². The van der Waals surface area contributed by atoms with E-state index in [4.69, 9.17) is 5.11 Å². The van der Waals surface area contributed by atoms with Crippen molar-refractivity contribution >= 4 is 23.6 Å². The average Bonchev–Trinajstić information content (AvgIpc) is 2.82. The Bertz CT molecular complexity index is 441. The monoisotopic (exact) mass is 251 g/mol. The van der Waals surface area contributed by atoms with Crippen LogP contribution in [0, 0.1) is 0 Å². The fraction of sp³-hybridized carbons (Fsp3) is 0.333. The minimum absolute atomic E-state index is 0.137. The second-order valence-electron chi connectivity index (χ2n) is 3.92. The van der Waals surface area contributed by atoms with Crippen molar-refractivity contribution in [1.82, 2.24) is 5.32 Å². The lowest BCUT2D eigenvalue weighted by Crippen LogP contribution is -2.34. The predicted octanol–water partition coefficient (Wildman–Crippen LogP) is 1.62. The Morgan fingerprint density at radius 3 is 2.76 bits per heavy atom. The number of carboxylic acids is 1. The highest BCUT2D eigenvalue weighted by Crippen LogP contribution is 2.17. The van der Waals surface area contributed by atoms with Crippen molar-refractivity contribution in [1.29, 1.82) is 0 Å². The molecule has 1 saturated heterocycles. The highest BCUT2D eigenvalue weighted by molar-refractivity contribution is 7.99. The topological polar surface area (TPSA) is 66.4 Å². The molecule has 0 radical (unpaired) electrons. The molecule has 1 aliphatic rings. The van der Waals surface area contributed by atoms with E-state index in [0.717, 1.165) is 17.9 Å². The van der Waals surface area contributed by atoms with E-state index in [0.29, 0.717) is 5.56 Å². The van der Waals surface area contributed by atoms with Gasteiger partial charge in [-0.3, -0.25) is 4.79 Å². The summed E-state index contributed by atoms with van der Waals surface area (Å²) in [7, 11) is 0. The van der Waals surface area contributed by atoms with Gasteiger partial charge in [0, 0.05) is 17.4 Å². The predicted molar refractivity (Wildman–Crippen MR) is 66.6 cm³/mol. The molecule has 2 rings (SSSR count). The zero-order valence-electron chi connectivity index (χ0n) is 9.18. The summed E-state index contributed by atoms with van der Waals surface area (Å²) in [6.45, 7) is 0. The summed E-state index contributed by atoms with van der Waals surface area (Å²) in [6, 6.07) is 6.30. The number of amides is 1. The first-order valence-electron chi connectivity index (χ1n) is 5.39. The number of thioether (sulfide) groups is 1. The fourth-order valence-corrected chi connectivity index (χ4v) is 2.86. The van der Waals surface area contributed by atoms with Crippen LogP contribution in [0.15, 0.2) is 24.3 Å². The highest BCUT2D eigenvalue weighted by Gasteiger charge is 2.18. The standard InChI is InChI=1S/C12H13NO3S/c14-11(13-10-4-5-17-7-10)8-2-1-3-9(6-8)12(15)16/h1-3,6,10H,4-5,7H2,(H,13,14)(H,15,16). The number of carboxylic acid groups (broad SMARTS) is 1. The van der Waals surface area contributed by atoms with E-state index in [2.05, 4.69) is 5.32 Å². The summed E-state index contributed by atoms with van der Waals surface area (Å²) in [5, 5.41) is 11.7. The Morgan fingerprint density at radius 2 is 2.12 bits per heavy atom. The maximum absolute atomic E-state index is 11.9. The largest absolute Gasteiger partial charge is 0.478 e. The molecule has 2 N–H and O–H groups in total. The fourth-order valence-electron chi connectivity index (χ4n) is 1.71. The smallest absolute Gasteiger partial charge is 0.335 e. The normalized spacial score (nSPS) is 18.9. The van der Waals surface area contributed by atoms with Gasteiger partial charge in [0.15, 0.2) is 0 Å². The van der Waals surface area contributed by atoms with Crippen molar-refractivity contribution in [3.63, 3.8) is 0 Å². The van der Waals surface area contributed by atoms with Gasteiger partial charge in [-0.2, -0.15) is 11.8 Å². The minimum atomic E-state index is -1.02. The van der Waals surface area contributed by atoms with E-state index in [1.807, 2.05) is 11.8 Å². The molecule has 1 amide bonds. The third kappa shape index (κ3) is 3.00. The molecule has 0 spiro atoms. The van der Waals surface area contributed by atoms with Gasteiger partial charge in [0.05, 0.1) is 5.56 Å². The van der Waals surface area contributed by atoms with Crippen molar-refractivity contribution < 1.29 is 14.7 Å². The summed E-state index contributed by atoms with van der Waals surface area (Å²) in [4.78, 5) is 22.6. The van der Waals surface area contributed by atoms with Crippen LogP contribution in [0.1, 0.15) is 27.1 Å². The number of hydrogen-bond acceptors (Lipinski definition) is 3. The Kier molecular flexibility index (Phi) is 3.68. The molecule has 90 valence electrons. The third-order valence-electron chi connectivity index (χ3n) is 2.64. The van der Waals surface area contributed by atoms with Crippen LogP contribution in [0.3, 0.4) is 0 Å². The Morgan fingerprint density at radius 1 is 1.35 bits per heavy atom. The second kappa shape index (κ2) is 5.23. The summed E-state index contributed by atoms with van der Waals surface area (Å²) in [5.74, 6) is 0.793. The van der Waals surface area contributed by atoms with E-state index < -0.39 is 5.97 Å². The molecular formula is C12H13NO3S. The maximum Gasteiger partial charge on any atom is 0.335 e. The van der Waals surface area contributed by atoms with E-state index in [-0.39, 0.29) is 17.5 Å². The molecule has 17 heavy (non-hydrogen) atoms. The van der Waals surface area contributed by atoms with Crippen molar-refractivity contribution in [2.24, 2.45) is 0 Å². The van der Waals surface area contributed by atoms with Crippen LogP contribution in [-0.2, 0) is 0 Å². The molecule has 1 atom stereocenters. The quantitative estimate of drug-likeness (QED) is 0.856. The van der Waals surface area contributed by atoms with Crippen molar-refractivity contribution in [2.45, 2.75) is 12.5 Å². The van der Waals surface area contributed by atoms with Gasteiger partial charge >= 0.3 is 5.97 Å². The van der Waals surface area contributed by atoms with Gasteiger partial charge in [-0.25, -0.2) is 4.79 Å². The molecule has 0 aromatic heterocycles. The summed E-state index contributed by atoms with van der Waals surface area (Å²) >= 11 is 1.82. The third-order valence-corrected chi connectivity index (χ3v) is 3.80. The molecule has 1 aliphatic heterocycles. The SMILES string of the molecule is O=C(O)c1cccc(C(=O)NC2CCSC2)c1. The van der Waals surface area contributed by atoms with Crippen LogP contribution >= 0.6 is 11.8 Å². The summed E-state index contributed by atoms with van der Waals surface area (Å²) < 4.78 is 0. The molecule has 0 bridgehead atoms. The van der Waals surface area contributed by atoms with E-state index in [1.165, 1.54) is 12.1 Å². The molecule has 1 unspecified atom stereocenters. The number of carbonyl (C=O) groups is 2. The van der Waals surface area contributed by atoms with Crippen LogP contribution in [0.4, 0.5) is 0 Å². The lowest BCUT2D eigenvalue weighted by Gasteiger charge is -2.11. The molecule has 1 aromatic rings. The Labute approximate surface area is 103 Å². The summed E-state index contributed by atoms with van der Waals surface area (Å²) in [6.07, 6.45) is 0.981. The first kappa shape index (κ1) is 12.0. The van der Waals surface area contributed by atoms with E-state index in [1.54, 1.807) is 12.1 Å². The van der Waals surface area contributed by atoms with E-state index in [9.17, 15) is 9.59 Å². The zero-order valence-corrected chi connectivity index (χ0v) is 10.00. The van der Waals surface area contributed by atoms with Crippen molar-refractivity contribution in [3.05, 3.63) is 35.4 Å². The van der Waals surface area contributed by atoms with Crippen molar-refractivity contribution in [3.8, 4) is 0 Å². The number of carbonyl (C=O) groups excluding carboxylic acids is 1. The summed E-state index contributed by atoms with van der Waals surface area (Å²) in [5.41, 5.74) is 0.542. The molecule has 5 heteroatoms. The first-order chi connectivity index (χ1) is 8.16. The number of aromatic carboxylic acids is 1. The molecule has 0 saturated carbocycles. The number of rotatable bonds is 3. The van der Waals surface area contributed by atoms with Gasteiger partial charge in [-0.05, 0) is 30.4 Å². The van der Waals surface area contributed by atoms with E-state index >= 15 is 0 Å². The van der Waals surface area contributed by atoms with Crippen molar-refractivity contribution in [2.75, 3.05) is 11.5 Å². The second-order valence-corrected chi connectivity index (χ2v) is 5.07. The molecule has 4 nitrogen and oxygen atoms in total. The van der Waals surface area contributed by atoms with Gasteiger partial charge in [0.1, 0.15) is 0 Å². The molecular weight excluding hydrogens is 238 g/mol. The lowest BCUT2D eigenvalue weighted by molar-refractivity contribution is 0.0697. The van der Waals surface area contributed by atoms with Crippen LogP contribution in [-0.4, -0.2) is 34.5 Å². The average molecular weight is 251 g/mol. The zero-order chi connectivity index (χ0) is 12.3. The number of benzene rings is 1. The van der Waals surface area contributed by atoms with Crippen LogP contribution < -0.4 is 5.32 Å². The Balaban J connectivity index is 2.07. The lowest BCUT2D eigenvalue weighted by atomic mass is 10.1. The van der Waals surface area contributed by atoms with Gasteiger partial charge in [0.2, 0.25) is 0 Å². The van der Waals surface area contributed by atoms with Crippen LogP contribution in [0.5, 0.6) is 0 Å². The maximum atomic E-state index is 11.9. The molecule has 1 fully saturated rings. The number of nitrogens with one attached hydrogen (secondary N) is 1. The minimum Gasteiger partial charge on any atom is -0.478 e. The highest BCUT2D eigenvalue weighted by atomic mass is 32.2. The first-order valence-corrected chi connectivity index (χ1v) is 6.54. The van der Waals surface area contributed by atoms with Crippen LogP contribution in [0.2, 0.25) is 0 Å². The number of hydrogen-bond donors (Lipinski definition) is 2. The van der Waals surface area contributed by atoms with Gasteiger partial charge in [0.25, 0.3) is 5.91 Å². The molecule has 1 heterocycles. The van der Waals surface area contributed by atoms with Crippen LogP contribution in [0.25, 0.3) is 0 Å². The molecule has 1 aromatic carbocycles.